The van der Waals surface area contributed by atoms with Crippen LogP contribution >= 0.6 is 0 Å². The summed E-state index contributed by atoms with van der Waals surface area (Å²) >= 11 is 0. The van der Waals surface area contributed by atoms with Gasteiger partial charge in [0.2, 0.25) is 5.91 Å². The van der Waals surface area contributed by atoms with Crippen LogP contribution in [-0.2, 0) is 22.5 Å². The van der Waals surface area contributed by atoms with Gasteiger partial charge in [0.1, 0.15) is 0 Å². The number of carbonyl (C=O) groups is 1. The van der Waals surface area contributed by atoms with Crippen LogP contribution in [0.3, 0.4) is 0 Å². The first-order valence-electron chi connectivity index (χ1n) is 9.91. The van der Waals surface area contributed by atoms with E-state index in [4.69, 9.17) is 10.5 Å². The molecular weight excluding hydrogens is 326 g/mol. The summed E-state index contributed by atoms with van der Waals surface area (Å²) in [6.45, 7) is 6.25. The van der Waals surface area contributed by atoms with Crippen LogP contribution in [0.25, 0.3) is 0 Å². The van der Waals surface area contributed by atoms with Gasteiger partial charge in [0.05, 0.1) is 6.61 Å². The van der Waals surface area contributed by atoms with Crippen molar-refractivity contribution in [3.8, 4) is 0 Å². The third-order valence-electron chi connectivity index (χ3n) is 6.09. The molecule has 2 saturated heterocycles. The van der Waals surface area contributed by atoms with Crippen molar-refractivity contribution in [2.45, 2.75) is 38.6 Å². The summed E-state index contributed by atoms with van der Waals surface area (Å²) in [5.41, 5.74) is 8.64. The number of nitrogens with zero attached hydrogens (tertiary/aromatic N) is 2. The third kappa shape index (κ3) is 4.84. The molecule has 0 saturated carbocycles. The van der Waals surface area contributed by atoms with Gasteiger partial charge in [-0.3, -0.25) is 9.69 Å². The molecule has 2 aliphatic rings. The highest BCUT2D eigenvalue weighted by Crippen LogP contribution is 2.40. The molecule has 0 radical (unpaired) electrons. The Labute approximate surface area is 157 Å². The van der Waals surface area contributed by atoms with E-state index in [1.807, 2.05) is 4.90 Å². The van der Waals surface area contributed by atoms with Crippen LogP contribution in [0.4, 0.5) is 0 Å². The lowest BCUT2D eigenvalue weighted by Gasteiger charge is -2.47. The second kappa shape index (κ2) is 8.98. The molecule has 0 bridgehead atoms. The van der Waals surface area contributed by atoms with Gasteiger partial charge >= 0.3 is 0 Å². The van der Waals surface area contributed by atoms with Crippen molar-refractivity contribution in [3.05, 3.63) is 35.4 Å². The van der Waals surface area contributed by atoms with Crippen molar-refractivity contribution in [2.24, 2.45) is 11.1 Å². The molecule has 2 N–H and O–H groups in total. The molecule has 1 aromatic carbocycles. The van der Waals surface area contributed by atoms with Crippen LogP contribution < -0.4 is 5.73 Å². The molecule has 2 aliphatic heterocycles. The normalized spacial score (nSPS) is 20.7. The zero-order valence-electron chi connectivity index (χ0n) is 16.1. The number of likely N-dealkylation sites (tertiary alicyclic amines) is 2. The van der Waals surface area contributed by atoms with Crippen LogP contribution in [0.5, 0.6) is 0 Å². The van der Waals surface area contributed by atoms with Crippen LogP contribution in [0.2, 0.25) is 0 Å². The number of rotatable bonds is 7. The summed E-state index contributed by atoms with van der Waals surface area (Å²) in [7, 11) is 1.70. The molecule has 1 aromatic rings. The molecule has 0 aromatic heterocycles. The largest absolute Gasteiger partial charge is 0.383 e. The highest BCUT2D eigenvalue weighted by Gasteiger charge is 2.40. The van der Waals surface area contributed by atoms with Gasteiger partial charge in [-0.1, -0.05) is 24.3 Å². The van der Waals surface area contributed by atoms with Crippen molar-refractivity contribution in [1.82, 2.24) is 9.80 Å². The topological polar surface area (TPSA) is 58.8 Å². The van der Waals surface area contributed by atoms with Gasteiger partial charge in [0, 0.05) is 33.2 Å². The summed E-state index contributed by atoms with van der Waals surface area (Å²) in [6, 6.07) is 8.88. The Hall–Kier alpha value is -1.43. The molecule has 0 atom stereocenters. The first kappa shape index (κ1) is 19.3. The van der Waals surface area contributed by atoms with E-state index >= 15 is 0 Å². The van der Waals surface area contributed by atoms with Crippen LogP contribution in [0, 0.1) is 5.41 Å². The van der Waals surface area contributed by atoms with E-state index in [1.54, 1.807) is 7.11 Å². The number of piperidine rings is 2. The molecule has 1 spiro atoms. The summed E-state index contributed by atoms with van der Waals surface area (Å²) in [5, 5.41) is 0. The van der Waals surface area contributed by atoms with Gasteiger partial charge in [-0.15, -0.1) is 0 Å². The second-order valence-corrected chi connectivity index (χ2v) is 7.94. The summed E-state index contributed by atoms with van der Waals surface area (Å²) < 4.78 is 5.17. The highest BCUT2D eigenvalue weighted by molar-refractivity contribution is 5.77. The minimum Gasteiger partial charge on any atom is -0.383 e. The average molecular weight is 360 g/mol. The predicted octanol–water partition coefficient (Wildman–Crippen LogP) is 2.04. The van der Waals surface area contributed by atoms with Gasteiger partial charge < -0.3 is 15.4 Å². The maximum atomic E-state index is 12.2. The summed E-state index contributed by atoms with van der Waals surface area (Å²) in [4.78, 5) is 16.7. The van der Waals surface area contributed by atoms with E-state index < -0.39 is 0 Å². The fourth-order valence-corrected chi connectivity index (χ4v) is 4.34. The standard InChI is InChI=1S/C21H33N3O2/c1-26-15-14-24-17-21(8-6-20(24)25)9-12-23(13-10-21)16-19-4-2-18(3-5-19)7-11-22/h2-5H,6-17,22H2,1H3. The number of methoxy groups -OCH3 is 1. The molecule has 0 aliphatic carbocycles. The van der Waals surface area contributed by atoms with Crippen LogP contribution in [0.15, 0.2) is 24.3 Å². The lowest BCUT2D eigenvalue weighted by molar-refractivity contribution is -0.139. The van der Waals surface area contributed by atoms with Crippen molar-refractivity contribution >= 4 is 5.91 Å². The Balaban J connectivity index is 1.51. The van der Waals surface area contributed by atoms with E-state index in [0.29, 0.717) is 30.9 Å². The fourth-order valence-electron chi connectivity index (χ4n) is 4.34. The number of hydrogen-bond acceptors (Lipinski definition) is 4. The van der Waals surface area contributed by atoms with Gasteiger partial charge in [0.15, 0.2) is 0 Å². The molecule has 1 amide bonds. The van der Waals surface area contributed by atoms with E-state index in [0.717, 1.165) is 45.6 Å². The van der Waals surface area contributed by atoms with E-state index in [9.17, 15) is 4.79 Å². The Morgan fingerprint density at radius 2 is 1.81 bits per heavy atom. The van der Waals surface area contributed by atoms with Crippen LogP contribution in [0.1, 0.15) is 36.8 Å². The third-order valence-corrected chi connectivity index (χ3v) is 6.09. The molecule has 26 heavy (non-hydrogen) atoms. The summed E-state index contributed by atoms with van der Waals surface area (Å²) in [5.74, 6) is 0.299. The lowest BCUT2D eigenvalue weighted by atomic mass is 9.72. The number of hydrogen-bond donors (Lipinski definition) is 1. The SMILES string of the molecule is COCCN1CC2(CCC1=O)CCN(Cc1ccc(CCN)cc1)CC2. The fraction of sp³-hybridized carbons (Fsp3) is 0.667. The Kier molecular flexibility index (Phi) is 6.68. The zero-order valence-corrected chi connectivity index (χ0v) is 16.1. The summed E-state index contributed by atoms with van der Waals surface area (Å²) in [6.07, 6.45) is 5.08. The number of benzene rings is 1. The average Bonchev–Trinajstić information content (AvgIpc) is 2.66. The van der Waals surface area contributed by atoms with Crippen molar-refractivity contribution in [3.63, 3.8) is 0 Å². The van der Waals surface area contributed by atoms with Gasteiger partial charge in [-0.2, -0.15) is 0 Å². The smallest absolute Gasteiger partial charge is 0.222 e. The molecular formula is C21H33N3O2. The van der Waals surface area contributed by atoms with E-state index in [2.05, 4.69) is 29.2 Å². The van der Waals surface area contributed by atoms with Crippen molar-refractivity contribution < 1.29 is 9.53 Å². The molecule has 5 nitrogen and oxygen atoms in total. The minimum absolute atomic E-state index is 0.299. The van der Waals surface area contributed by atoms with Crippen molar-refractivity contribution in [1.29, 1.82) is 0 Å². The molecule has 3 rings (SSSR count). The second-order valence-electron chi connectivity index (χ2n) is 7.94. The van der Waals surface area contributed by atoms with Gasteiger partial charge in [-0.25, -0.2) is 0 Å². The monoisotopic (exact) mass is 359 g/mol. The first-order chi connectivity index (χ1) is 12.6. The zero-order chi connectivity index (χ0) is 18.4. The number of amides is 1. The van der Waals surface area contributed by atoms with Crippen molar-refractivity contribution in [2.75, 3.05) is 46.4 Å². The number of carbonyl (C=O) groups excluding carboxylic acids is 1. The maximum Gasteiger partial charge on any atom is 0.222 e. The van der Waals surface area contributed by atoms with E-state index in [1.165, 1.54) is 24.0 Å². The lowest BCUT2D eigenvalue weighted by Crippen LogP contribution is -2.52. The minimum atomic E-state index is 0.299. The number of ether oxygens (including phenoxy) is 1. The molecule has 0 unspecified atom stereocenters. The highest BCUT2D eigenvalue weighted by atomic mass is 16.5. The number of nitrogens with two attached hydrogens (primary N) is 1. The molecule has 5 heteroatoms. The Morgan fingerprint density at radius 1 is 1.12 bits per heavy atom. The van der Waals surface area contributed by atoms with Crippen LogP contribution in [-0.4, -0.2) is 62.1 Å². The molecule has 2 fully saturated rings. The quantitative estimate of drug-likeness (QED) is 0.809. The Morgan fingerprint density at radius 3 is 2.46 bits per heavy atom. The van der Waals surface area contributed by atoms with Gasteiger partial charge in [0.25, 0.3) is 0 Å². The first-order valence-corrected chi connectivity index (χ1v) is 9.91. The van der Waals surface area contributed by atoms with Gasteiger partial charge in [-0.05, 0) is 61.9 Å². The molecule has 144 valence electrons. The molecule has 2 heterocycles. The van der Waals surface area contributed by atoms with E-state index in [-0.39, 0.29) is 0 Å². The maximum absolute atomic E-state index is 12.2. The predicted molar refractivity (Wildman–Crippen MR) is 104 cm³/mol. The Bertz CT molecular complexity index is 579.